The van der Waals surface area contributed by atoms with Crippen molar-refractivity contribution >= 4 is 11.8 Å². The molecule has 3 aliphatic rings. The highest BCUT2D eigenvalue weighted by Crippen LogP contribution is 2.38. The molecule has 3 heterocycles. The number of anilines is 1. The van der Waals surface area contributed by atoms with E-state index in [1.54, 1.807) is 0 Å². The Balaban J connectivity index is 1.35. The van der Waals surface area contributed by atoms with Gasteiger partial charge in [0, 0.05) is 36.4 Å². The predicted molar refractivity (Wildman–Crippen MR) is 112 cm³/mol. The number of carbonyl (C=O) groups excluding carboxylic acids is 1. The number of morpholine rings is 1. The topological polar surface area (TPSA) is 51.2 Å². The van der Waals surface area contributed by atoms with Crippen molar-refractivity contribution in [3.8, 4) is 0 Å². The van der Waals surface area contributed by atoms with Crippen LogP contribution in [0.3, 0.4) is 0 Å². The molecule has 160 valence electrons. The quantitative estimate of drug-likeness (QED) is 0.763. The highest BCUT2D eigenvalue weighted by atomic mass is 16.6. The van der Waals surface area contributed by atoms with Gasteiger partial charge in [0.2, 0.25) is 0 Å². The second-order valence-corrected chi connectivity index (χ2v) is 9.41. The fourth-order valence-corrected chi connectivity index (χ4v) is 4.83. The first kappa shape index (κ1) is 20.5. The summed E-state index contributed by atoms with van der Waals surface area (Å²) in [5, 5.41) is 0. The lowest BCUT2D eigenvalue weighted by molar-refractivity contribution is -0.0396. The number of carbonyl (C=O) groups is 1. The minimum atomic E-state index is -0.451. The minimum absolute atomic E-state index is 0.166. The number of ether oxygens (including phenoxy) is 3. The average Bonchev–Trinajstić information content (AvgIpc) is 2.97. The number of hydrogen-bond acceptors (Lipinski definition) is 5. The summed E-state index contributed by atoms with van der Waals surface area (Å²) in [6, 6.07) is 8.99. The highest BCUT2D eigenvalue weighted by molar-refractivity contribution is 5.69. The maximum absolute atomic E-state index is 12.6. The summed E-state index contributed by atoms with van der Waals surface area (Å²) >= 11 is 0. The van der Waals surface area contributed by atoms with Crippen molar-refractivity contribution in [2.75, 3.05) is 31.2 Å². The Morgan fingerprint density at radius 3 is 2.41 bits per heavy atom. The van der Waals surface area contributed by atoms with E-state index in [1.807, 2.05) is 25.7 Å². The predicted octanol–water partition coefficient (Wildman–Crippen LogP) is 3.97. The molecule has 0 aromatic heterocycles. The van der Waals surface area contributed by atoms with Crippen molar-refractivity contribution in [2.24, 2.45) is 0 Å². The van der Waals surface area contributed by atoms with E-state index in [0.29, 0.717) is 6.61 Å². The summed E-state index contributed by atoms with van der Waals surface area (Å²) in [7, 11) is 0. The molecule has 3 atom stereocenters. The summed E-state index contributed by atoms with van der Waals surface area (Å²) in [6.07, 6.45) is 3.93. The molecule has 3 aliphatic heterocycles. The van der Waals surface area contributed by atoms with Crippen molar-refractivity contribution in [3.63, 3.8) is 0 Å². The van der Waals surface area contributed by atoms with Gasteiger partial charge in [0.15, 0.2) is 0 Å². The Labute approximate surface area is 174 Å². The molecule has 4 rings (SSSR count). The Bertz CT molecular complexity index is 697. The van der Waals surface area contributed by atoms with E-state index < -0.39 is 5.60 Å². The smallest absolute Gasteiger partial charge is 0.410 e. The van der Waals surface area contributed by atoms with Crippen molar-refractivity contribution in [2.45, 2.75) is 76.9 Å². The first-order chi connectivity index (χ1) is 13.9. The average molecular weight is 403 g/mol. The summed E-state index contributed by atoms with van der Waals surface area (Å²) in [5.41, 5.74) is 2.04. The van der Waals surface area contributed by atoms with Crippen LogP contribution in [-0.2, 0) is 20.8 Å². The lowest BCUT2D eigenvalue weighted by Gasteiger charge is -2.39. The molecule has 0 spiro atoms. The molecular formula is C23H34N2O4. The zero-order valence-corrected chi connectivity index (χ0v) is 17.9. The van der Waals surface area contributed by atoms with Crippen LogP contribution in [0.25, 0.3) is 0 Å². The molecule has 6 heteroatoms. The highest BCUT2D eigenvalue weighted by Gasteiger charge is 2.45. The van der Waals surface area contributed by atoms with E-state index in [9.17, 15) is 4.79 Å². The molecule has 0 N–H and O–H groups in total. The van der Waals surface area contributed by atoms with E-state index >= 15 is 0 Å². The molecule has 1 aromatic rings. The van der Waals surface area contributed by atoms with Crippen LogP contribution in [-0.4, -0.2) is 61.1 Å². The monoisotopic (exact) mass is 402 g/mol. The first-order valence-corrected chi connectivity index (χ1v) is 10.9. The molecule has 1 amide bonds. The summed E-state index contributed by atoms with van der Waals surface area (Å²) < 4.78 is 17.5. The second-order valence-electron chi connectivity index (χ2n) is 9.41. The number of nitrogens with zero attached hydrogens (tertiary/aromatic N) is 2. The van der Waals surface area contributed by atoms with Crippen LogP contribution in [0.15, 0.2) is 24.3 Å². The van der Waals surface area contributed by atoms with Crippen LogP contribution >= 0.6 is 0 Å². The van der Waals surface area contributed by atoms with E-state index in [1.165, 1.54) is 11.3 Å². The molecule has 1 aromatic carbocycles. The molecule has 1 unspecified atom stereocenters. The van der Waals surface area contributed by atoms with Crippen LogP contribution in [0.1, 0.15) is 52.0 Å². The van der Waals surface area contributed by atoms with E-state index in [-0.39, 0.29) is 24.3 Å². The molecule has 0 saturated carbocycles. The van der Waals surface area contributed by atoms with Gasteiger partial charge >= 0.3 is 6.09 Å². The van der Waals surface area contributed by atoms with Gasteiger partial charge in [-0.05, 0) is 52.5 Å². The SMILES string of the molecule is CC(C)(C)OC(=O)N1[C@@H]2CC[C@H]1CC(OCc1ccccc1N1CCOCC1)C2. The van der Waals surface area contributed by atoms with Crippen LogP contribution in [0.4, 0.5) is 10.5 Å². The Kier molecular flexibility index (Phi) is 6.02. The maximum Gasteiger partial charge on any atom is 0.410 e. The summed E-state index contributed by atoms with van der Waals surface area (Å²) in [6.45, 7) is 9.80. The molecular weight excluding hydrogens is 368 g/mol. The van der Waals surface area contributed by atoms with Gasteiger partial charge in [0.25, 0.3) is 0 Å². The normalized spacial score (nSPS) is 27.2. The summed E-state index contributed by atoms with van der Waals surface area (Å²) in [4.78, 5) is 17.0. The zero-order valence-electron chi connectivity index (χ0n) is 17.9. The third-order valence-corrected chi connectivity index (χ3v) is 6.11. The number of amides is 1. The largest absolute Gasteiger partial charge is 0.444 e. The zero-order chi connectivity index (χ0) is 20.4. The van der Waals surface area contributed by atoms with Gasteiger partial charge in [-0.1, -0.05) is 18.2 Å². The Hall–Kier alpha value is -1.79. The van der Waals surface area contributed by atoms with Crippen LogP contribution in [0.5, 0.6) is 0 Å². The van der Waals surface area contributed by atoms with Crippen LogP contribution in [0, 0.1) is 0 Å². The molecule has 2 bridgehead atoms. The van der Waals surface area contributed by atoms with Crippen LogP contribution in [0.2, 0.25) is 0 Å². The van der Waals surface area contributed by atoms with Gasteiger partial charge in [-0.25, -0.2) is 4.79 Å². The molecule has 0 radical (unpaired) electrons. The van der Waals surface area contributed by atoms with Crippen molar-refractivity contribution < 1.29 is 19.0 Å². The van der Waals surface area contributed by atoms with Gasteiger partial charge in [-0.2, -0.15) is 0 Å². The van der Waals surface area contributed by atoms with Crippen molar-refractivity contribution in [1.82, 2.24) is 4.90 Å². The second kappa shape index (κ2) is 8.52. The van der Waals surface area contributed by atoms with Gasteiger partial charge < -0.3 is 24.0 Å². The van der Waals surface area contributed by atoms with E-state index in [4.69, 9.17) is 14.2 Å². The number of fused-ring (bicyclic) bond motifs is 2. The number of benzene rings is 1. The lowest BCUT2D eigenvalue weighted by atomic mass is 10.00. The number of hydrogen-bond donors (Lipinski definition) is 0. The van der Waals surface area contributed by atoms with Gasteiger partial charge in [0.1, 0.15) is 5.60 Å². The number of rotatable bonds is 4. The molecule has 29 heavy (non-hydrogen) atoms. The molecule has 6 nitrogen and oxygen atoms in total. The van der Waals surface area contributed by atoms with Crippen LogP contribution < -0.4 is 4.90 Å². The van der Waals surface area contributed by atoms with Crippen molar-refractivity contribution in [1.29, 1.82) is 0 Å². The van der Waals surface area contributed by atoms with Gasteiger partial charge in [0.05, 0.1) is 25.9 Å². The van der Waals surface area contributed by atoms with E-state index in [2.05, 4.69) is 29.2 Å². The van der Waals surface area contributed by atoms with Gasteiger partial charge in [-0.3, -0.25) is 0 Å². The molecule has 3 saturated heterocycles. The third-order valence-electron chi connectivity index (χ3n) is 6.11. The minimum Gasteiger partial charge on any atom is -0.444 e. The number of para-hydroxylation sites is 1. The maximum atomic E-state index is 12.6. The Morgan fingerprint density at radius 2 is 1.76 bits per heavy atom. The summed E-state index contributed by atoms with van der Waals surface area (Å²) in [5.74, 6) is 0. The molecule has 0 aliphatic carbocycles. The fraction of sp³-hybridized carbons (Fsp3) is 0.696. The lowest BCUT2D eigenvalue weighted by Crippen LogP contribution is -2.50. The Morgan fingerprint density at radius 1 is 1.10 bits per heavy atom. The molecule has 3 fully saturated rings. The van der Waals surface area contributed by atoms with Crippen molar-refractivity contribution in [3.05, 3.63) is 29.8 Å². The first-order valence-electron chi connectivity index (χ1n) is 10.9. The number of piperidine rings is 1. The van der Waals surface area contributed by atoms with E-state index in [0.717, 1.165) is 52.0 Å². The standard InChI is InChI=1S/C23H34N2O4/c1-23(2,3)29-22(26)25-18-8-9-19(25)15-20(14-18)28-16-17-6-4-5-7-21(17)24-10-12-27-13-11-24/h4-7,18-20H,8-16H2,1-3H3/t18-,19+,20?. The fourth-order valence-electron chi connectivity index (χ4n) is 4.83. The third kappa shape index (κ3) is 4.86. The van der Waals surface area contributed by atoms with Gasteiger partial charge in [-0.15, -0.1) is 0 Å².